The standard InChI is InChI=1S/C19H25N3O2/c1-3-5-8-11-21-16-12-15(13-20-14-16)19(23)22-17-9-6-7-10-18(17)24-4-2/h6-7,9-10,12-14,21H,3-5,8,11H2,1-2H3,(H,22,23). The molecule has 0 aliphatic carbocycles. The van der Waals surface area contributed by atoms with Gasteiger partial charge in [0.2, 0.25) is 0 Å². The molecule has 0 atom stereocenters. The van der Waals surface area contributed by atoms with Crippen LogP contribution in [0.25, 0.3) is 0 Å². The van der Waals surface area contributed by atoms with Crippen LogP contribution in [-0.2, 0) is 0 Å². The summed E-state index contributed by atoms with van der Waals surface area (Å²) in [7, 11) is 0. The highest BCUT2D eigenvalue weighted by Gasteiger charge is 2.10. The van der Waals surface area contributed by atoms with Crippen molar-refractivity contribution in [1.29, 1.82) is 0 Å². The predicted molar refractivity (Wildman–Crippen MR) is 97.8 cm³/mol. The van der Waals surface area contributed by atoms with E-state index in [9.17, 15) is 4.79 Å². The Morgan fingerprint density at radius 2 is 2.00 bits per heavy atom. The van der Waals surface area contributed by atoms with E-state index in [1.54, 1.807) is 12.4 Å². The zero-order valence-electron chi connectivity index (χ0n) is 14.3. The smallest absolute Gasteiger partial charge is 0.257 e. The van der Waals surface area contributed by atoms with Gasteiger partial charge in [-0.25, -0.2) is 0 Å². The van der Waals surface area contributed by atoms with Gasteiger partial charge in [0.25, 0.3) is 5.91 Å². The van der Waals surface area contributed by atoms with Crippen LogP contribution in [0.5, 0.6) is 5.75 Å². The molecule has 2 N–H and O–H groups in total. The van der Waals surface area contributed by atoms with Gasteiger partial charge in [-0.1, -0.05) is 31.9 Å². The average Bonchev–Trinajstić information content (AvgIpc) is 2.61. The lowest BCUT2D eigenvalue weighted by Gasteiger charge is -2.12. The van der Waals surface area contributed by atoms with Crippen molar-refractivity contribution < 1.29 is 9.53 Å². The van der Waals surface area contributed by atoms with Crippen LogP contribution in [0, 0.1) is 0 Å². The Labute approximate surface area is 143 Å². The Morgan fingerprint density at radius 1 is 1.17 bits per heavy atom. The van der Waals surface area contributed by atoms with E-state index in [1.165, 1.54) is 12.8 Å². The molecule has 24 heavy (non-hydrogen) atoms. The number of rotatable bonds is 9. The largest absolute Gasteiger partial charge is 0.492 e. The normalized spacial score (nSPS) is 10.2. The highest BCUT2D eigenvalue weighted by molar-refractivity contribution is 6.05. The van der Waals surface area contributed by atoms with Crippen LogP contribution in [0.4, 0.5) is 11.4 Å². The molecule has 5 nitrogen and oxygen atoms in total. The third kappa shape index (κ3) is 5.26. The minimum absolute atomic E-state index is 0.202. The number of para-hydroxylation sites is 2. The number of ether oxygens (including phenoxy) is 1. The molecule has 1 heterocycles. The predicted octanol–water partition coefficient (Wildman–Crippen LogP) is 4.33. The second kappa shape index (κ2) is 9.55. The van der Waals surface area contributed by atoms with E-state index < -0.39 is 0 Å². The molecule has 2 aromatic rings. The second-order valence-corrected chi connectivity index (χ2v) is 5.48. The van der Waals surface area contributed by atoms with Gasteiger partial charge in [0, 0.05) is 18.9 Å². The Balaban J connectivity index is 2.02. The molecule has 2 rings (SSSR count). The lowest BCUT2D eigenvalue weighted by molar-refractivity contribution is 0.102. The highest BCUT2D eigenvalue weighted by Crippen LogP contribution is 2.24. The second-order valence-electron chi connectivity index (χ2n) is 5.48. The first-order valence-corrected chi connectivity index (χ1v) is 8.46. The maximum atomic E-state index is 12.5. The lowest BCUT2D eigenvalue weighted by atomic mass is 10.2. The number of amides is 1. The third-order valence-electron chi connectivity index (χ3n) is 3.54. The molecule has 0 radical (unpaired) electrons. The molecule has 0 aliphatic rings. The van der Waals surface area contributed by atoms with Crippen LogP contribution in [0.3, 0.4) is 0 Å². The van der Waals surface area contributed by atoms with Gasteiger partial charge in [-0.2, -0.15) is 0 Å². The molecule has 1 amide bonds. The van der Waals surface area contributed by atoms with Crippen LogP contribution < -0.4 is 15.4 Å². The highest BCUT2D eigenvalue weighted by atomic mass is 16.5. The van der Waals surface area contributed by atoms with Gasteiger partial charge >= 0.3 is 0 Å². The number of carbonyl (C=O) groups is 1. The van der Waals surface area contributed by atoms with Crippen LogP contribution in [-0.4, -0.2) is 24.0 Å². The quantitative estimate of drug-likeness (QED) is 0.673. The summed E-state index contributed by atoms with van der Waals surface area (Å²) in [6.07, 6.45) is 6.78. The molecule has 5 heteroatoms. The summed E-state index contributed by atoms with van der Waals surface area (Å²) < 4.78 is 5.53. The fraction of sp³-hybridized carbons (Fsp3) is 0.368. The first-order valence-electron chi connectivity index (χ1n) is 8.46. The van der Waals surface area contributed by atoms with Crippen molar-refractivity contribution in [2.45, 2.75) is 33.1 Å². The van der Waals surface area contributed by atoms with Crippen molar-refractivity contribution in [3.8, 4) is 5.75 Å². The van der Waals surface area contributed by atoms with E-state index in [0.29, 0.717) is 23.6 Å². The van der Waals surface area contributed by atoms with Gasteiger partial charge in [-0.3, -0.25) is 9.78 Å². The summed E-state index contributed by atoms with van der Waals surface area (Å²) >= 11 is 0. The van der Waals surface area contributed by atoms with Crippen LogP contribution >= 0.6 is 0 Å². The molecule has 0 spiro atoms. The van der Waals surface area contributed by atoms with Crippen molar-refractivity contribution in [2.24, 2.45) is 0 Å². The zero-order chi connectivity index (χ0) is 17.2. The summed E-state index contributed by atoms with van der Waals surface area (Å²) in [5, 5.41) is 6.19. The monoisotopic (exact) mass is 327 g/mol. The summed E-state index contributed by atoms with van der Waals surface area (Å²) in [6, 6.07) is 9.22. The maximum Gasteiger partial charge on any atom is 0.257 e. The van der Waals surface area contributed by atoms with E-state index in [0.717, 1.165) is 18.7 Å². The summed E-state index contributed by atoms with van der Waals surface area (Å²) in [4.78, 5) is 16.6. The molecule has 1 aromatic heterocycles. The van der Waals surface area contributed by atoms with Crippen LogP contribution in [0.15, 0.2) is 42.7 Å². The number of anilines is 2. The molecule has 0 bridgehead atoms. The Hall–Kier alpha value is -2.56. The Morgan fingerprint density at radius 3 is 2.79 bits per heavy atom. The number of nitrogens with zero attached hydrogens (tertiary/aromatic N) is 1. The number of hydrogen-bond acceptors (Lipinski definition) is 4. The fourth-order valence-electron chi connectivity index (χ4n) is 2.31. The third-order valence-corrected chi connectivity index (χ3v) is 3.54. The number of aromatic nitrogens is 1. The zero-order valence-corrected chi connectivity index (χ0v) is 14.3. The van der Waals surface area contributed by atoms with E-state index in [1.807, 2.05) is 37.3 Å². The van der Waals surface area contributed by atoms with E-state index in [4.69, 9.17) is 4.74 Å². The topological polar surface area (TPSA) is 63.2 Å². The van der Waals surface area contributed by atoms with E-state index in [-0.39, 0.29) is 5.91 Å². The van der Waals surface area contributed by atoms with Gasteiger partial charge in [-0.05, 0) is 31.5 Å². The molecular weight excluding hydrogens is 302 g/mol. The maximum absolute atomic E-state index is 12.5. The number of benzene rings is 1. The van der Waals surface area contributed by atoms with Gasteiger partial charge in [0.15, 0.2) is 0 Å². The van der Waals surface area contributed by atoms with Gasteiger partial charge in [0.1, 0.15) is 5.75 Å². The summed E-state index contributed by atoms with van der Waals surface area (Å²) in [5.41, 5.74) is 2.03. The van der Waals surface area contributed by atoms with Crippen molar-refractivity contribution >= 4 is 17.3 Å². The number of nitrogens with one attached hydrogen (secondary N) is 2. The van der Waals surface area contributed by atoms with Crippen LogP contribution in [0.1, 0.15) is 43.5 Å². The molecule has 1 aromatic carbocycles. The molecule has 128 valence electrons. The number of pyridine rings is 1. The Bertz CT molecular complexity index is 659. The van der Waals surface area contributed by atoms with E-state index in [2.05, 4.69) is 22.5 Å². The molecule has 0 unspecified atom stereocenters. The Kier molecular flexibility index (Phi) is 7.08. The summed E-state index contributed by atoms with van der Waals surface area (Å²) in [5.74, 6) is 0.460. The SMILES string of the molecule is CCCCCNc1cncc(C(=O)Nc2ccccc2OCC)c1. The van der Waals surface area contributed by atoms with Gasteiger partial charge < -0.3 is 15.4 Å². The minimum atomic E-state index is -0.202. The number of unbranched alkanes of at least 4 members (excludes halogenated alkanes) is 2. The average molecular weight is 327 g/mol. The van der Waals surface area contributed by atoms with E-state index >= 15 is 0 Å². The van der Waals surface area contributed by atoms with Crippen molar-refractivity contribution in [1.82, 2.24) is 4.98 Å². The minimum Gasteiger partial charge on any atom is -0.492 e. The van der Waals surface area contributed by atoms with Crippen molar-refractivity contribution in [3.63, 3.8) is 0 Å². The van der Waals surface area contributed by atoms with Crippen molar-refractivity contribution in [3.05, 3.63) is 48.3 Å². The van der Waals surface area contributed by atoms with Gasteiger partial charge in [-0.15, -0.1) is 0 Å². The molecule has 0 saturated carbocycles. The first kappa shape index (κ1) is 17.8. The number of hydrogen-bond donors (Lipinski definition) is 2. The number of carbonyl (C=O) groups excluding carboxylic acids is 1. The fourth-order valence-corrected chi connectivity index (χ4v) is 2.31. The van der Waals surface area contributed by atoms with Crippen LogP contribution in [0.2, 0.25) is 0 Å². The first-order chi connectivity index (χ1) is 11.7. The lowest BCUT2D eigenvalue weighted by Crippen LogP contribution is -2.14. The molecule has 0 fully saturated rings. The van der Waals surface area contributed by atoms with Gasteiger partial charge in [0.05, 0.1) is 23.5 Å². The molecule has 0 saturated heterocycles. The molecular formula is C19H25N3O2. The summed E-state index contributed by atoms with van der Waals surface area (Å²) in [6.45, 7) is 5.52. The van der Waals surface area contributed by atoms with Crippen molar-refractivity contribution in [2.75, 3.05) is 23.8 Å². The molecule has 0 aliphatic heterocycles.